The largest absolute Gasteiger partial charge is 0.145 e. The van der Waals surface area contributed by atoms with Crippen molar-refractivity contribution in [3.05, 3.63) is 52.1 Å². The molecule has 0 heterocycles. The normalized spacial score (nSPS) is 14.9. The summed E-state index contributed by atoms with van der Waals surface area (Å²) in [6, 6.07) is 6.81. The van der Waals surface area contributed by atoms with Crippen LogP contribution in [0.1, 0.15) is 57.2 Å². The van der Waals surface area contributed by atoms with Gasteiger partial charge in [-0.2, -0.15) is 0 Å². The summed E-state index contributed by atoms with van der Waals surface area (Å²) in [7, 11) is 6.66. The van der Waals surface area contributed by atoms with E-state index in [1.807, 2.05) is 0 Å². The van der Waals surface area contributed by atoms with Gasteiger partial charge in [0, 0.05) is 0 Å². The molecule has 0 aliphatic heterocycles. The summed E-state index contributed by atoms with van der Waals surface area (Å²) in [5.41, 5.74) is 15.4. The predicted octanol–water partition coefficient (Wildman–Crippen LogP) is 2.57. The molecule has 0 spiro atoms. The quantitative estimate of drug-likeness (QED) is 0.584. The van der Waals surface area contributed by atoms with Crippen LogP contribution in [-0.2, 0) is 0 Å². The van der Waals surface area contributed by atoms with E-state index in [1.54, 1.807) is 0 Å². The lowest BCUT2D eigenvalue weighted by molar-refractivity contribution is 0.515. The zero-order valence-electron chi connectivity index (χ0n) is 19.7. The second-order valence-corrected chi connectivity index (χ2v) is 10.2. The first kappa shape index (κ1) is 22.2. The second kappa shape index (κ2) is 7.95. The fourth-order valence-electron chi connectivity index (χ4n) is 4.82. The molecule has 0 unspecified atom stereocenters. The summed E-state index contributed by atoms with van der Waals surface area (Å²) in [5.74, 6) is 0. The smallest absolute Gasteiger partial charge is 0.141 e. The Kier molecular flexibility index (Phi) is 6.07. The van der Waals surface area contributed by atoms with Crippen molar-refractivity contribution in [3.63, 3.8) is 0 Å². The van der Waals surface area contributed by atoms with Crippen LogP contribution >= 0.6 is 12.6 Å². The highest BCUT2D eigenvalue weighted by Crippen LogP contribution is 2.46. The maximum Gasteiger partial charge on any atom is 0.141 e. The van der Waals surface area contributed by atoms with Gasteiger partial charge in [-0.05, 0) is 82.9 Å². The monoisotopic (exact) mass is 398 g/mol. The minimum Gasteiger partial charge on any atom is -0.145 e. The number of rotatable bonds is 2. The Hall–Kier alpha value is -1.54. The molecule has 4 heteroatoms. The van der Waals surface area contributed by atoms with Gasteiger partial charge in [0.25, 0.3) is 0 Å². The molecular weight excluding hydrogens is 365 g/mol. The van der Waals surface area contributed by atoms with E-state index in [0.29, 0.717) is 0 Å². The van der Waals surface area contributed by atoms with Gasteiger partial charge in [0.2, 0.25) is 0 Å². The number of benzene rings is 2. The third kappa shape index (κ3) is 3.81. The molecule has 0 saturated heterocycles. The molecule has 0 bridgehead atoms. The molecule has 0 radical (unpaired) electrons. The maximum absolute atomic E-state index is 4.81. The zero-order chi connectivity index (χ0) is 21.7. The van der Waals surface area contributed by atoms with E-state index >= 15 is 0 Å². The number of aryl methyl sites for hydroxylation is 1. The highest BCUT2D eigenvalue weighted by molar-refractivity contribution is 7.80. The van der Waals surface area contributed by atoms with Crippen molar-refractivity contribution in [1.29, 1.82) is 0 Å². The fraction of sp³-hybridized carbons (Fsp3) is 0.360. The fourth-order valence-corrected chi connectivity index (χ4v) is 5.16. The van der Waals surface area contributed by atoms with Gasteiger partial charge in [-0.25, -0.2) is 0 Å². The molecule has 0 amide bonds. The van der Waals surface area contributed by atoms with E-state index in [4.69, 9.17) is 12.6 Å². The SMILES string of the molecule is Bc1c(B)c(-c2cccc(C)c2C2=C(C)CCC=C2C(C)(C)C)c(C)c(B)c1S. The number of hydrogen-bond donors (Lipinski definition) is 1. The summed E-state index contributed by atoms with van der Waals surface area (Å²) < 4.78 is 0. The second-order valence-electron chi connectivity index (χ2n) is 9.78. The van der Waals surface area contributed by atoms with Gasteiger partial charge in [0.15, 0.2) is 0 Å². The summed E-state index contributed by atoms with van der Waals surface area (Å²) >= 11 is 4.81. The van der Waals surface area contributed by atoms with E-state index in [2.05, 4.69) is 89.4 Å². The first-order valence-corrected chi connectivity index (χ1v) is 11.2. The first-order chi connectivity index (χ1) is 13.5. The molecule has 0 atom stereocenters. The molecule has 0 saturated carbocycles. The molecule has 2 aromatic carbocycles. The molecular formula is C25H33B3S. The molecule has 0 fully saturated rings. The van der Waals surface area contributed by atoms with Crippen molar-refractivity contribution >= 4 is 58.1 Å². The van der Waals surface area contributed by atoms with Gasteiger partial charge in [0.05, 0.1) is 0 Å². The lowest BCUT2D eigenvalue weighted by Crippen LogP contribution is -2.36. The van der Waals surface area contributed by atoms with Crippen LogP contribution in [0.5, 0.6) is 0 Å². The van der Waals surface area contributed by atoms with Crippen LogP contribution in [0.2, 0.25) is 0 Å². The Morgan fingerprint density at radius 1 is 0.897 bits per heavy atom. The summed E-state index contributed by atoms with van der Waals surface area (Å²) in [6.45, 7) is 13.9. The maximum atomic E-state index is 4.81. The van der Waals surface area contributed by atoms with Crippen LogP contribution in [0.25, 0.3) is 16.7 Å². The van der Waals surface area contributed by atoms with E-state index < -0.39 is 0 Å². The van der Waals surface area contributed by atoms with Gasteiger partial charge >= 0.3 is 0 Å². The van der Waals surface area contributed by atoms with Crippen molar-refractivity contribution < 1.29 is 0 Å². The van der Waals surface area contributed by atoms with Crippen molar-refractivity contribution in [2.75, 3.05) is 0 Å². The molecule has 1 aliphatic carbocycles. The molecule has 29 heavy (non-hydrogen) atoms. The van der Waals surface area contributed by atoms with E-state index in [0.717, 1.165) is 17.7 Å². The predicted molar refractivity (Wildman–Crippen MR) is 143 cm³/mol. The van der Waals surface area contributed by atoms with Crippen LogP contribution in [0, 0.1) is 19.3 Å². The third-order valence-electron chi connectivity index (χ3n) is 6.75. The Bertz CT molecular complexity index is 1020. The molecule has 0 N–H and O–H groups in total. The van der Waals surface area contributed by atoms with Crippen LogP contribution < -0.4 is 16.4 Å². The lowest BCUT2D eigenvalue weighted by atomic mass is 9.68. The van der Waals surface area contributed by atoms with Crippen molar-refractivity contribution in [3.8, 4) is 11.1 Å². The van der Waals surface area contributed by atoms with Crippen LogP contribution in [0.15, 0.2) is 40.3 Å². The minimum absolute atomic E-state index is 0.126. The van der Waals surface area contributed by atoms with Gasteiger partial charge in [0.1, 0.15) is 23.5 Å². The Balaban J connectivity index is 2.42. The van der Waals surface area contributed by atoms with Gasteiger partial charge in [-0.15, -0.1) is 12.6 Å². The minimum atomic E-state index is 0.126. The molecule has 0 aromatic heterocycles. The number of allylic oxidation sites excluding steroid dienone is 4. The Morgan fingerprint density at radius 2 is 1.55 bits per heavy atom. The van der Waals surface area contributed by atoms with Crippen LogP contribution in [0.4, 0.5) is 0 Å². The first-order valence-electron chi connectivity index (χ1n) is 10.8. The topological polar surface area (TPSA) is 0 Å². The van der Waals surface area contributed by atoms with Gasteiger partial charge < -0.3 is 0 Å². The van der Waals surface area contributed by atoms with Crippen molar-refractivity contribution in [2.24, 2.45) is 5.41 Å². The molecule has 2 aromatic rings. The number of thiol groups is 1. The third-order valence-corrected chi connectivity index (χ3v) is 7.42. The van der Waals surface area contributed by atoms with E-state index in [-0.39, 0.29) is 5.41 Å². The zero-order valence-corrected chi connectivity index (χ0v) is 20.6. The average molecular weight is 398 g/mol. The van der Waals surface area contributed by atoms with E-state index in [9.17, 15) is 0 Å². The van der Waals surface area contributed by atoms with Gasteiger partial charge in [-0.3, -0.25) is 0 Å². The molecule has 148 valence electrons. The van der Waals surface area contributed by atoms with Crippen molar-refractivity contribution in [1.82, 2.24) is 0 Å². The highest BCUT2D eigenvalue weighted by Gasteiger charge is 2.28. The van der Waals surface area contributed by atoms with Gasteiger partial charge in [-0.1, -0.05) is 67.0 Å². The lowest BCUT2D eigenvalue weighted by Gasteiger charge is -2.33. The Labute approximate surface area is 185 Å². The average Bonchev–Trinajstić information content (AvgIpc) is 2.65. The van der Waals surface area contributed by atoms with E-state index in [1.165, 1.54) is 60.9 Å². The van der Waals surface area contributed by atoms with Crippen molar-refractivity contribution in [2.45, 2.75) is 59.3 Å². The Morgan fingerprint density at radius 3 is 2.17 bits per heavy atom. The van der Waals surface area contributed by atoms with Crippen LogP contribution in [0.3, 0.4) is 0 Å². The standard InChI is InChI=1S/C25H33B3S/c1-13-9-7-11-16(20-15(3)21(26)24(29)23(28)22(20)27)18(13)19-14(2)10-8-12-17(19)25(4,5)6/h7,9,11-12,29H,8,10,26-28H2,1-6H3. The summed E-state index contributed by atoms with van der Waals surface area (Å²) in [6.07, 6.45) is 4.77. The highest BCUT2D eigenvalue weighted by atomic mass is 32.1. The summed E-state index contributed by atoms with van der Waals surface area (Å²) in [5, 5.41) is 0. The molecule has 3 rings (SSSR count). The molecule has 1 aliphatic rings. The van der Waals surface area contributed by atoms with Crippen LogP contribution in [-0.4, -0.2) is 23.5 Å². The summed E-state index contributed by atoms with van der Waals surface area (Å²) in [4.78, 5) is 1.13. The molecule has 0 nitrogen and oxygen atoms in total. The number of hydrogen-bond acceptors (Lipinski definition) is 1.